The molecule has 1 aromatic heterocycles. The lowest BCUT2D eigenvalue weighted by molar-refractivity contribution is 0.111. The van der Waals surface area contributed by atoms with E-state index in [-0.39, 0.29) is 0 Å². The molecule has 2 N–H and O–H groups in total. The average molecular weight is 216 g/mol. The Morgan fingerprint density at radius 2 is 2.36 bits per heavy atom. The monoisotopic (exact) mass is 216 g/mol. The lowest BCUT2D eigenvalue weighted by Gasteiger charge is -2.22. The van der Waals surface area contributed by atoms with Crippen LogP contribution in [0.1, 0.15) is 12.6 Å². The molecule has 1 unspecified atom stereocenters. The molecule has 0 radical (unpaired) electrons. The molecular formula is C8H16N4OS. The van der Waals surface area contributed by atoms with Gasteiger partial charge in [0.1, 0.15) is 10.7 Å². The van der Waals surface area contributed by atoms with Gasteiger partial charge in [0.2, 0.25) is 0 Å². The van der Waals surface area contributed by atoms with Crippen molar-refractivity contribution in [2.24, 2.45) is 0 Å². The molecular weight excluding hydrogens is 200 g/mol. The Balaban J connectivity index is 2.48. The Labute approximate surface area is 88.0 Å². The van der Waals surface area contributed by atoms with E-state index in [2.05, 4.69) is 21.4 Å². The third-order valence-electron chi connectivity index (χ3n) is 2.14. The number of aromatic nitrogens is 2. The van der Waals surface area contributed by atoms with E-state index < -0.39 is 0 Å². The first-order valence-electron chi connectivity index (χ1n) is 4.41. The molecule has 0 aliphatic rings. The van der Waals surface area contributed by atoms with Gasteiger partial charge in [0.05, 0.1) is 6.61 Å². The van der Waals surface area contributed by atoms with Crippen LogP contribution in [-0.2, 0) is 11.3 Å². The SMILES string of the molecule is COCC(C)N(C)Cc1nnsc1N. The second-order valence-corrected chi connectivity index (χ2v) is 4.09. The Morgan fingerprint density at radius 1 is 1.64 bits per heavy atom. The van der Waals surface area contributed by atoms with Gasteiger partial charge in [0.15, 0.2) is 0 Å². The third-order valence-corrected chi connectivity index (χ3v) is 2.74. The van der Waals surface area contributed by atoms with Crippen molar-refractivity contribution in [3.63, 3.8) is 0 Å². The Bertz CT molecular complexity index is 278. The smallest absolute Gasteiger partial charge is 0.132 e. The Morgan fingerprint density at radius 3 is 2.86 bits per heavy atom. The maximum atomic E-state index is 5.70. The molecule has 0 fully saturated rings. The summed E-state index contributed by atoms with van der Waals surface area (Å²) in [6, 6.07) is 0.348. The van der Waals surface area contributed by atoms with E-state index in [0.717, 1.165) is 5.69 Å². The molecule has 1 rings (SSSR count). The van der Waals surface area contributed by atoms with Gasteiger partial charge in [-0.25, -0.2) is 0 Å². The largest absolute Gasteiger partial charge is 0.388 e. The summed E-state index contributed by atoms with van der Waals surface area (Å²) >= 11 is 1.23. The molecule has 1 heterocycles. The second-order valence-electron chi connectivity index (χ2n) is 3.30. The quantitative estimate of drug-likeness (QED) is 0.780. The summed E-state index contributed by atoms with van der Waals surface area (Å²) in [5.74, 6) is 0. The van der Waals surface area contributed by atoms with E-state index in [1.165, 1.54) is 11.5 Å². The zero-order valence-electron chi connectivity index (χ0n) is 8.73. The minimum Gasteiger partial charge on any atom is -0.388 e. The number of nitrogen functional groups attached to an aromatic ring is 1. The highest BCUT2D eigenvalue weighted by atomic mass is 32.1. The lowest BCUT2D eigenvalue weighted by atomic mass is 10.3. The molecule has 0 aliphatic carbocycles. The molecule has 0 saturated heterocycles. The van der Waals surface area contributed by atoms with Gasteiger partial charge < -0.3 is 10.5 Å². The molecule has 1 aromatic rings. The summed E-state index contributed by atoms with van der Waals surface area (Å²) in [4.78, 5) is 2.14. The normalized spacial score (nSPS) is 13.4. The summed E-state index contributed by atoms with van der Waals surface area (Å²) in [7, 11) is 3.71. The number of hydrogen-bond donors (Lipinski definition) is 1. The fourth-order valence-corrected chi connectivity index (χ4v) is 1.52. The van der Waals surface area contributed by atoms with Gasteiger partial charge in [-0.15, -0.1) is 5.10 Å². The van der Waals surface area contributed by atoms with Gasteiger partial charge in [-0.3, -0.25) is 4.90 Å². The molecule has 0 spiro atoms. The van der Waals surface area contributed by atoms with Crippen molar-refractivity contribution in [2.75, 3.05) is 26.5 Å². The van der Waals surface area contributed by atoms with Crippen molar-refractivity contribution in [1.29, 1.82) is 0 Å². The molecule has 0 aromatic carbocycles. The number of ether oxygens (including phenoxy) is 1. The fourth-order valence-electron chi connectivity index (χ4n) is 1.09. The fraction of sp³-hybridized carbons (Fsp3) is 0.750. The first-order valence-corrected chi connectivity index (χ1v) is 5.18. The molecule has 5 nitrogen and oxygen atoms in total. The summed E-state index contributed by atoms with van der Waals surface area (Å²) in [6.45, 7) is 3.51. The van der Waals surface area contributed by atoms with E-state index in [0.29, 0.717) is 24.2 Å². The minimum absolute atomic E-state index is 0.348. The van der Waals surface area contributed by atoms with Crippen LogP contribution in [0.5, 0.6) is 0 Å². The molecule has 1 atom stereocenters. The van der Waals surface area contributed by atoms with Crippen molar-refractivity contribution in [3.05, 3.63) is 5.69 Å². The van der Waals surface area contributed by atoms with Gasteiger partial charge in [-0.1, -0.05) is 4.49 Å². The van der Waals surface area contributed by atoms with Gasteiger partial charge in [-0.2, -0.15) is 0 Å². The van der Waals surface area contributed by atoms with Gasteiger partial charge in [0.25, 0.3) is 0 Å². The van der Waals surface area contributed by atoms with Crippen molar-refractivity contribution < 1.29 is 4.74 Å². The number of methoxy groups -OCH3 is 1. The average Bonchev–Trinajstić information content (AvgIpc) is 2.52. The van der Waals surface area contributed by atoms with E-state index in [1.54, 1.807) is 7.11 Å². The molecule has 0 bridgehead atoms. The topological polar surface area (TPSA) is 64.3 Å². The van der Waals surface area contributed by atoms with E-state index >= 15 is 0 Å². The number of hydrogen-bond acceptors (Lipinski definition) is 6. The molecule has 14 heavy (non-hydrogen) atoms. The lowest BCUT2D eigenvalue weighted by Crippen LogP contribution is -2.32. The highest BCUT2D eigenvalue weighted by Crippen LogP contribution is 2.14. The maximum Gasteiger partial charge on any atom is 0.132 e. The van der Waals surface area contributed by atoms with E-state index in [1.807, 2.05) is 7.05 Å². The molecule has 6 heteroatoms. The van der Waals surface area contributed by atoms with Crippen LogP contribution in [0.4, 0.5) is 5.00 Å². The third kappa shape index (κ3) is 2.90. The second kappa shape index (κ2) is 5.23. The number of likely N-dealkylation sites (N-methyl/N-ethyl adjacent to an activating group) is 1. The van der Waals surface area contributed by atoms with Gasteiger partial charge in [-0.05, 0) is 14.0 Å². The minimum atomic E-state index is 0.348. The van der Waals surface area contributed by atoms with Crippen LogP contribution in [-0.4, -0.2) is 41.3 Å². The van der Waals surface area contributed by atoms with E-state index in [4.69, 9.17) is 10.5 Å². The van der Waals surface area contributed by atoms with Crippen molar-refractivity contribution >= 4 is 16.5 Å². The molecule has 0 saturated carbocycles. The van der Waals surface area contributed by atoms with Crippen LogP contribution in [0.2, 0.25) is 0 Å². The summed E-state index contributed by atoms with van der Waals surface area (Å²) in [6.07, 6.45) is 0. The van der Waals surface area contributed by atoms with Crippen LogP contribution in [0.15, 0.2) is 0 Å². The summed E-state index contributed by atoms with van der Waals surface area (Å²) in [5, 5.41) is 4.66. The van der Waals surface area contributed by atoms with E-state index in [9.17, 15) is 0 Å². The van der Waals surface area contributed by atoms with Crippen LogP contribution >= 0.6 is 11.5 Å². The predicted molar refractivity (Wildman–Crippen MR) is 57.1 cm³/mol. The standard InChI is InChI=1S/C8H16N4OS/c1-6(5-13-3)12(2)4-7-8(9)14-11-10-7/h6H,4-5,9H2,1-3H3. The zero-order chi connectivity index (χ0) is 10.6. The summed E-state index contributed by atoms with van der Waals surface area (Å²) < 4.78 is 8.86. The van der Waals surface area contributed by atoms with Crippen molar-refractivity contribution in [2.45, 2.75) is 19.5 Å². The molecule has 80 valence electrons. The van der Waals surface area contributed by atoms with Crippen molar-refractivity contribution in [1.82, 2.24) is 14.5 Å². The maximum absolute atomic E-state index is 5.70. The number of rotatable bonds is 5. The van der Waals surface area contributed by atoms with Crippen LogP contribution in [0.25, 0.3) is 0 Å². The van der Waals surface area contributed by atoms with Gasteiger partial charge in [0, 0.05) is 31.2 Å². The number of nitrogens with two attached hydrogens (primary N) is 1. The zero-order valence-corrected chi connectivity index (χ0v) is 9.54. The van der Waals surface area contributed by atoms with Crippen LogP contribution < -0.4 is 5.73 Å². The van der Waals surface area contributed by atoms with Crippen LogP contribution in [0.3, 0.4) is 0 Å². The highest BCUT2D eigenvalue weighted by Gasteiger charge is 2.12. The predicted octanol–water partition coefficient (Wildman–Crippen LogP) is 0.587. The highest BCUT2D eigenvalue weighted by molar-refractivity contribution is 7.09. The Hall–Kier alpha value is -0.720. The Kier molecular flexibility index (Phi) is 4.24. The number of nitrogens with zero attached hydrogens (tertiary/aromatic N) is 3. The molecule has 0 amide bonds. The van der Waals surface area contributed by atoms with Gasteiger partial charge >= 0.3 is 0 Å². The first-order chi connectivity index (χ1) is 6.65. The summed E-state index contributed by atoms with van der Waals surface area (Å²) in [5.41, 5.74) is 6.55. The van der Waals surface area contributed by atoms with Crippen LogP contribution in [0, 0.1) is 0 Å². The van der Waals surface area contributed by atoms with Crippen molar-refractivity contribution in [3.8, 4) is 0 Å². The number of anilines is 1. The molecule has 0 aliphatic heterocycles. The first kappa shape index (κ1) is 11.4.